The number of aryl methyl sites for hydroxylation is 2. The molecule has 1 amide bonds. The van der Waals surface area contributed by atoms with E-state index in [4.69, 9.17) is 4.42 Å². The van der Waals surface area contributed by atoms with Gasteiger partial charge in [-0.1, -0.05) is 24.3 Å². The lowest BCUT2D eigenvalue weighted by Gasteiger charge is -2.21. The van der Waals surface area contributed by atoms with Crippen molar-refractivity contribution in [2.24, 2.45) is 0 Å². The molecule has 0 aliphatic carbocycles. The largest absolute Gasteiger partial charge is 0.464 e. The van der Waals surface area contributed by atoms with Gasteiger partial charge in [-0.05, 0) is 49.6 Å². The zero-order chi connectivity index (χ0) is 18.0. The first-order valence-electron chi connectivity index (χ1n) is 8.48. The van der Waals surface area contributed by atoms with Crippen molar-refractivity contribution < 1.29 is 13.6 Å². The van der Waals surface area contributed by atoms with Crippen LogP contribution in [-0.4, -0.2) is 17.4 Å². The molecule has 1 aromatic heterocycles. The fourth-order valence-corrected chi connectivity index (χ4v) is 3.03. The lowest BCUT2D eigenvalue weighted by atomic mass is 10.0. The minimum absolute atomic E-state index is 0.00712. The van der Waals surface area contributed by atoms with Crippen LogP contribution in [0.2, 0.25) is 0 Å². The average molecular weight is 339 g/mol. The molecule has 130 valence electrons. The zero-order valence-electron chi connectivity index (χ0n) is 14.8. The number of likely N-dealkylation sites (N-methyl/N-ethyl adjacent to an activating group) is 1. The molecule has 0 atom stereocenters. The Kier molecular flexibility index (Phi) is 4.88. The van der Waals surface area contributed by atoms with Gasteiger partial charge in [0.2, 0.25) is 5.91 Å². The third-order valence-corrected chi connectivity index (χ3v) is 4.68. The quantitative estimate of drug-likeness (QED) is 0.670. The normalized spacial score (nSPS) is 11.0. The van der Waals surface area contributed by atoms with E-state index in [0.29, 0.717) is 13.1 Å². The molecule has 0 saturated carbocycles. The van der Waals surface area contributed by atoms with Gasteiger partial charge in [0.25, 0.3) is 0 Å². The molecule has 3 aromatic rings. The zero-order valence-corrected chi connectivity index (χ0v) is 14.8. The summed E-state index contributed by atoms with van der Waals surface area (Å²) in [7, 11) is 0. The Balaban J connectivity index is 1.79. The molecule has 1 heterocycles. The second-order valence-corrected chi connectivity index (χ2v) is 6.36. The number of carbonyl (C=O) groups excluding carboxylic acids is 1. The van der Waals surface area contributed by atoms with Gasteiger partial charge in [-0.2, -0.15) is 0 Å². The summed E-state index contributed by atoms with van der Waals surface area (Å²) in [5.74, 6) is -0.277. The molecule has 0 spiro atoms. The standard InChI is InChI=1S/C21H22FNO2/c1-4-23(12-16-6-5-7-18(22)10-16)20(24)11-17-13-25-21-15(3)14(2)8-9-19(17)21/h5-10,13H,4,11-12H2,1-3H3. The van der Waals surface area contributed by atoms with Crippen LogP contribution in [0.4, 0.5) is 4.39 Å². The van der Waals surface area contributed by atoms with Crippen LogP contribution in [0.15, 0.2) is 47.1 Å². The molecular formula is C21H22FNO2. The first-order valence-corrected chi connectivity index (χ1v) is 8.48. The van der Waals surface area contributed by atoms with E-state index in [9.17, 15) is 9.18 Å². The molecule has 0 bridgehead atoms. The van der Waals surface area contributed by atoms with Crippen LogP contribution in [0.5, 0.6) is 0 Å². The van der Waals surface area contributed by atoms with Crippen molar-refractivity contribution in [2.75, 3.05) is 6.54 Å². The van der Waals surface area contributed by atoms with Crippen LogP contribution in [0.1, 0.15) is 29.2 Å². The highest BCUT2D eigenvalue weighted by atomic mass is 19.1. The minimum Gasteiger partial charge on any atom is -0.464 e. The van der Waals surface area contributed by atoms with E-state index in [-0.39, 0.29) is 18.1 Å². The Bertz CT molecular complexity index is 913. The molecule has 3 nitrogen and oxygen atoms in total. The number of rotatable bonds is 5. The summed E-state index contributed by atoms with van der Waals surface area (Å²) in [6, 6.07) is 10.4. The van der Waals surface area contributed by atoms with E-state index in [1.54, 1.807) is 17.2 Å². The SMILES string of the molecule is CCN(Cc1cccc(F)c1)C(=O)Cc1coc2c(C)c(C)ccc12. The van der Waals surface area contributed by atoms with Gasteiger partial charge in [0.05, 0.1) is 12.7 Å². The molecule has 0 N–H and O–H groups in total. The summed E-state index contributed by atoms with van der Waals surface area (Å²) in [5.41, 5.74) is 4.79. The van der Waals surface area contributed by atoms with Gasteiger partial charge in [0, 0.05) is 24.0 Å². The third kappa shape index (κ3) is 3.58. The van der Waals surface area contributed by atoms with Crippen molar-refractivity contribution in [1.82, 2.24) is 4.90 Å². The van der Waals surface area contributed by atoms with Gasteiger partial charge in [-0.3, -0.25) is 4.79 Å². The Morgan fingerprint density at radius 3 is 2.72 bits per heavy atom. The molecule has 0 unspecified atom stereocenters. The smallest absolute Gasteiger partial charge is 0.227 e. The lowest BCUT2D eigenvalue weighted by Crippen LogP contribution is -2.31. The Hall–Kier alpha value is -2.62. The molecule has 0 aliphatic heterocycles. The number of hydrogen-bond donors (Lipinski definition) is 0. The fraction of sp³-hybridized carbons (Fsp3) is 0.286. The molecule has 2 aromatic carbocycles. The van der Waals surface area contributed by atoms with Crippen molar-refractivity contribution in [3.05, 3.63) is 70.7 Å². The highest BCUT2D eigenvalue weighted by Gasteiger charge is 2.17. The van der Waals surface area contributed by atoms with Crippen molar-refractivity contribution in [3.63, 3.8) is 0 Å². The van der Waals surface area contributed by atoms with Crippen molar-refractivity contribution >= 4 is 16.9 Å². The molecule has 0 saturated heterocycles. The number of hydrogen-bond acceptors (Lipinski definition) is 2. The topological polar surface area (TPSA) is 33.5 Å². The lowest BCUT2D eigenvalue weighted by molar-refractivity contribution is -0.130. The van der Waals surface area contributed by atoms with Gasteiger partial charge in [-0.25, -0.2) is 4.39 Å². The van der Waals surface area contributed by atoms with Crippen molar-refractivity contribution in [3.8, 4) is 0 Å². The maximum absolute atomic E-state index is 13.4. The summed E-state index contributed by atoms with van der Waals surface area (Å²) >= 11 is 0. The summed E-state index contributed by atoms with van der Waals surface area (Å²) < 4.78 is 19.0. The number of nitrogens with zero attached hydrogens (tertiary/aromatic N) is 1. The van der Waals surface area contributed by atoms with E-state index in [1.807, 2.05) is 39.0 Å². The van der Waals surface area contributed by atoms with Crippen LogP contribution in [0.25, 0.3) is 11.0 Å². The highest BCUT2D eigenvalue weighted by Crippen LogP contribution is 2.27. The van der Waals surface area contributed by atoms with Gasteiger partial charge < -0.3 is 9.32 Å². The summed E-state index contributed by atoms with van der Waals surface area (Å²) in [6.07, 6.45) is 1.95. The van der Waals surface area contributed by atoms with Crippen LogP contribution in [-0.2, 0) is 17.8 Å². The van der Waals surface area contributed by atoms with Crippen molar-refractivity contribution in [2.45, 2.75) is 33.7 Å². The summed E-state index contributed by atoms with van der Waals surface area (Å²) in [4.78, 5) is 14.4. The van der Waals surface area contributed by atoms with Gasteiger partial charge in [0.15, 0.2) is 0 Å². The third-order valence-electron chi connectivity index (χ3n) is 4.68. The first kappa shape index (κ1) is 17.2. The van der Waals surface area contributed by atoms with E-state index < -0.39 is 0 Å². The Morgan fingerprint density at radius 1 is 1.20 bits per heavy atom. The fourth-order valence-electron chi connectivity index (χ4n) is 3.03. The Morgan fingerprint density at radius 2 is 2.00 bits per heavy atom. The Labute approximate surface area is 147 Å². The average Bonchev–Trinajstić information content (AvgIpc) is 2.99. The van der Waals surface area contributed by atoms with E-state index in [2.05, 4.69) is 0 Å². The predicted octanol–water partition coefficient (Wildman–Crippen LogP) is 4.78. The van der Waals surface area contributed by atoms with Crippen LogP contribution >= 0.6 is 0 Å². The molecule has 25 heavy (non-hydrogen) atoms. The summed E-state index contributed by atoms with van der Waals surface area (Å²) in [6.45, 7) is 6.97. The van der Waals surface area contributed by atoms with E-state index in [0.717, 1.165) is 27.7 Å². The molecule has 0 aliphatic rings. The molecule has 0 radical (unpaired) electrons. The van der Waals surface area contributed by atoms with E-state index >= 15 is 0 Å². The number of furan rings is 1. The molecule has 4 heteroatoms. The van der Waals surface area contributed by atoms with Crippen LogP contribution < -0.4 is 0 Å². The number of halogens is 1. The van der Waals surface area contributed by atoms with Gasteiger partial charge in [-0.15, -0.1) is 0 Å². The van der Waals surface area contributed by atoms with Gasteiger partial charge >= 0.3 is 0 Å². The summed E-state index contributed by atoms with van der Waals surface area (Å²) in [5, 5.41) is 0.984. The second kappa shape index (κ2) is 7.09. The molecule has 3 rings (SSSR count). The number of fused-ring (bicyclic) bond motifs is 1. The minimum atomic E-state index is -0.285. The maximum atomic E-state index is 13.4. The van der Waals surface area contributed by atoms with Crippen LogP contribution in [0, 0.1) is 19.7 Å². The molecular weight excluding hydrogens is 317 g/mol. The predicted molar refractivity (Wildman–Crippen MR) is 96.9 cm³/mol. The number of carbonyl (C=O) groups is 1. The number of benzene rings is 2. The molecule has 0 fully saturated rings. The van der Waals surface area contributed by atoms with Crippen LogP contribution in [0.3, 0.4) is 0 Å². The van der Waals surface area contributed by atoms with Gasteiger partial charge in [0.1, 0.15) is 11.4 Å². The van der Waals surface area contributed by atoms with Crippen molar-refractivity contribution in [1.29, 1.82) is 0 Å². The second-order valence-electron chi connectivity index (χ2n) is 6.36. The highest BCUT2D eigenvalue weighted by molar-refractivity contribution is 5.89. The van der Waals surface area contributed by atoms with E-state index in [1.165, 1.54) is 17.7 Å². The number of amides is 1. The maximum Gasteiger partial charge on any atom is 0.227 e. The first-order chi connectivity index (χ1) is 12.0. The monoisotopic (exact) mass is 339 g/mol.